The molecule has 0 fully saturated rings. The molecule has 0 saturated heterocycles. The van der Waals surface area contributed by atoms with Crippen molar-refractivity contribution in [2.45, 2.75) is 6.54 Å². The monoisotopic (exact) mass is 340 g/mol. The number of hydrogen-bond donors (Lipinski definition) is 1. The summed E-state index contributed by atoms with van der Waals surface area (Å²) < 4.78 is 13.1. The second-order valence-electron chi connectivity index (χ2n) is 3.91. The maximum Gasteiger partial charge on any atom is 0.335 e. The molecule has 0 aliphatic rings. The molecule has 0 bridgehead atoms. The number of methoxy groups -OCH3 is 1. The summed E-state index contributed by atoms with van der Waals surface area (Å²) in [6.45, 7) is 0.979. The predicted octanol–water partition coefficient (Wildman–Crippen LogP) is 2.43. The van der Waals surface area contributed by atoms with Crippen molar-refractivity contribution in [1.82, 2.24) is 9.78 Å². The minimum atomic E-state index is -1.02. The van der Waals surface area contributed by atoms with Crippen molar-refractivity contribution in [2.75, 3.05) is 13.7 Å². The highest BCUT2D eigenvalue weighted by atomic mass is 79.9. The fourth-order valence-corrected chi connectivity index (χ4v) is 2.21. The van der Waals surface area contributed by atoms with Crippen LogP contribution in [0.15, 0.2) is 35.1 Å². The number of hydrogen-bond acceptors (Lipinski definition) is 4. The number of nitrogens with zero attached hydrogens (tertiary/aromatic N) is 2. The van der Waals surface area contributed by atoms with Gasteiger partial charge in [-0.15, -0.1) is 0 Å². The standard InChI is InChI=1S/C13H13BrN2O4/c1-19-11-8-9(13(17)18)7-10(14)12(11)20-6-5-16-4-2-3-15-16/h2-4,7-8H,5-6H2,1H3,(H,17,18). The number of aromatic nitrogens is 2. The van der Waals surface area contributed by atoms with E-state index < -0.39 is 5.97 Å². The van der Waals surface area contributed by atoms with E-state index >= 15 is 0 Å². The summed E-state index contributed by atoms with van der Waals surface area (Å²) in [5.74, 6) is -0.172. The third-order valence-electron chi connectivity index (χ3n) is 2.60. The maximum atomic E-state index is 11.0. The molecule has 0 aliphatic heterocycles. The second-order valence-corrected chi connectivity index (χ2v) is 4.77. The summed E-state index contributed by atoms with van der Waals surface area (Å²) >= 11 is 3.30. The number of aromatic carboxylic acids is 1. The van der Waals surface area contributed by atoms with Crippen LogP contribution in [0.4, 0.5) is 0 Å². The van der Waals surface area contributed by atoms with E-state index in [1.807, 2.05) is 12.3 Å². The SMILES string of the molecule is COc1cc(C(=O)O)cc(Br)c1OCCn1cccn1. The Labute approximate surface area is 124 Å². The van der Waals surface area contributed by atoms with Gasteiger partial charge in [0.1, 0.15) is 6.61 Å². The van der Waals surface area contributed by atoms with Gasteiger partial charge in [-0.1, -0.05) is 0 Å². The molecule has 1 N–H and O–H groups in total. The highest BCUT2D eigenvalue weighted by Gasteiger charge is 2.14. The lowest BCUT2D eigenvalue weighted by Gasteiger charge is -2.13. The van der Waals surface area contributed by atoms with Crippen LogP contribution in [0.5, 0.6) is 11.5 Å². The number of rotatable bonds is 6. The van der Waals surface area contributed by atoms with Crippen LogP contribution in [-0.2, 0) is 6.54 Å². The Hall–Kier alpha value is -2.02. The van der Waals surface area contributed by atoms with Gasteiger partial charge in [0, 0.05) is 12.4 Å². The molecule has 1 aromatic carbocycles. The van der Waals surface area contributed by atoms with Gasteiger partial charge in [0.15, 0.2) is 11.5 Å². The van der Waals surface area contributed by atoms with Crippen molar-refractivity contribution in [1.29, 1.82) is 0 Å². The van der Waals surface area contributed by atoms with Crippen molar-refractivity contribution in [2.24, 2.45) is 0 Å². The quantitative estimate of drug-likeness (QED) is 0.874. The van der Waals surface area contributed by atoms with Crippen LogP contribution in [0, 0.1) is 0 Å². The first-order valence-corrected chi connectivity index (χ1v) is 6.62. The Morgan fingerprint density at radius 2 is 2.30 bits per heavy atom. The van der Waals surface area contributed by atoms with E-state index in [2.05, 4.69) is 21.0 Å². The minimum absolute atomic E-state index is 0.133. The molecule has 0 unspecified atom stereocenters. The smallest absolute Gasteiger partial charge is 0.335 e. The average molecular weight is 341 g/mol. The summed E-state index contributed by atoms with van der Waals surface area (Å²) in [6, 6.07) is 4.74. The molecular weight excluding hydrogens is 328 g/mol. The zero-order chi connectivity index (χ0) is 14.5. The molecule has 0 saturated carbocycles. The van der Waals surface area contributed by atoms with Crippen molar-refractivity contribution >= 4 is 21.9 Å². The van der Waals surface area contributed by atoms with Crippen LogP contribution in [0.1, 0.15) is 10.4 Å². The van der Waals surface area contributed by atoms with Crippen LogP contribution in [0.25, 0.3) is 0 Å². The fraction of sp³-hybridized carbons (Fsp3) is 0.231. The number of carbonyl (C=O) groups is 1. The van der Waals surface area contributed by atoms with Gasteiger partial charge in [0.05, 0.1) is 23.7 Å². The van der Waals surface area contributed by atoms with E-state index in [-0.39, 0.29) is 5.56 Å². The van der Waals surface area contributed by atoms with E-state index in [4.69, 9.17) is 14.6 Å². The zero-order valence-corrected chi connectivity index (χ0v) is 12.3. The molecule has 6 nitrogen and oxygen atoms in total. The predicted molar refractivity (Wildman–Crippen MR) is 75.4 cm³/mol. The summed E-state index contributed by atoms with van der Waals surface area (Å²) in [7, 11) is 1.47. The Bertz CT molecular complexity index is 599. The van der Waals surface area contributed by atoms with Crippen LogP contribution >= 0.6 is 15.9 Å². The molecule has 1 heterocycles. The van der Waals surface area contributed by atoms with Gasteiger partial charge >= 0.3 is 5.97 Å². The largest absolute Gasteiger partial charge is 0.493 e. The van der Waals surface area contributed by atoms with Crippen molar-refractivity contribution in [3.63, 3.8) is 0 Å². The van der Waals surface area contributed by atoms with Crippen LogP contribution in [0.2, 0.25) is 0 Å². The van der Waals surface area contributed by atoms with Gasteiger partial charge in [-0.25, -0.2) is 4.79 Å². The van der Waals surface area contributed by atoms with Gasteiger partial charge in [-0.05, 0) is 34.1 Å². The van der Waals surface area contributed by atoms with Gasteiger partial charge in [-0.2, -0.15) is 5.10 Å². The first-order chi connectivity index (χ1) is 9.61. The lowest BCUT2D eigenvalue weighted by Crippen LogP contribution is -2.09. The van der Waals surface area contributed by atoms with Crippen LogP contribution in [0.3, 0.4) is 0 Å². The second kappa shape index (κ2) is 6.42. The lowest BCUT2D eigenvalue weighted by molar-refractivity contribution is 0.0696. The molecule has 0 aliphatic carbocycles. The number of benzene rings is 1. The van der Waals surface area contributed by atoms with E-state index in [1.54, 1.807) is 10.9 Å². The molecule has 0 amide bonds. The summed E-state index contributed by atoms with van der Waals surface area (Å²) in [6.07, 6.45) is 3.53. The van der Waals surface area contributed by atoms with Crippen molar-refractivity contribution < 1.29 is 19.4 Å². The first-order valence-electron chi connectivity index (χ1n) is 5.83. The molecule has 7 heteroatoms. The molecule has 0 spiro atoms. The van der Waals surface area contributed by atoms with E-state index in [9.17, 15) is 4.79 Å². The van der Waals surface area contributed by atoms with Crippen molar-refractivity contribution in [3.8, 4) is 11.5 Å². The molecular formula is C13H13BrN2O4. The highest BCUT2D eigenvalue weighted by Crippen LogP contribution is 2.36. The topological polar surface area (TPSA) is 73.6 Å². The molecule has 0 atom stereocenters. The molecule has 20 heavy (non-hydrogen) atoms. The number of carboxylic acid groups (broad SMARTS) is 1. The molecule has 2 aromatic rings. The van der Waals surface area contributed by atoms with E-state index in [1.165, 1.54) is 19.2 Å². The third kappa shape index (κ3) is 3.30. The summed E-state index contributed by atoms with van der Waals surface area (Å²) in [5, 5.41) is 13.1. The number of carboxylic acids is 1. The number of ether oxygens (including phenoxy) is 2. The Morgan fingerprint density at radius 3 is 2.90 bits per heavy atom. The Morgan fingerprint density at radius 1 is 1.50 bits per heavy atom. The van der Waals surface area contributed by atoms with E-state index in [0.29, 0.717) is 29.1 Å². The fourth-order valence-electron chi connectivity index (χ4n) is 1.66. The average Bonchev–Trinajstić information content (AvgIpc) is 2.93. The van der Waals surface area contributed by atoms with Gasteiger partial charge in [0.2, 0.25) is 0 Å². The summed E-state index contributed by atoms with van der Waals surface area (Å²) in [5.41, 5.74) is 0.133. The number of halogens is 1. The van der Waals surface area contributed by atoms with Crippen molar-refractivity contribution in [3.05, 3.63) is 40.6 Å². The van der Waals surface area contributed by atoms with E-state index in [0.717, 1.165) is 0 Å². The van der Waals surface area contributed by atoms with Gasteiger partial charge < -0.3 is 14.6 Å². The third-order valence-corrected chi connectivity index (χ3v) is 3.19. The zero-order valence-electron chi connectivity index (χ0n) is 10.7. The Balaban J connectivity index is 2.12. The molecule has 0 radical (unpaired) electrons. The molecule has 2 rings (SSSR count). The molecule has 1 aromatic heterocycles. The first kappa shape index (κ1) is 14.4. The maximum absolute atomic E-state index is 11.0. The molecule has 106 valence electrons. The Kier molecular flexibility index (Phi) is 4.62. The highest BCUT2D eigenvalue weighted by molar-refractivity contribution is 9.10. The minimum Gasteiger partial charge on any atom is -0.493 e. The van der Waals surface area contributed by atoms with Crippen LogP contribution < -0.4 is 9.47 Å². The van der Waals surface area contributed by atoms with Crippen LogP contribution in [-0.4, -0.2) is 34.6 Å². The van der Waals surface area contributed by atoms with Gasteiger partial charge in [0.25, 0.3) is 0 Å². The summed E-state index contributed by atoms with van der Waals surface area (Å²) in [4.78, 5) is 11.0. The van der Waals surface area contributed by atoms with Gasteiger partial charge in [-0.3, -0.25) is 4.68 Å². The normalized spacial score (nSPS) is 10.3. The lowest BCUT2D eigenvalue weighted by atomic mass is 10.2.